The molecule has 5 rings (SSSR count). The normalized spacial score (nSPS) is 14.6. The Morgan fingerprint density at radius 3 is 2.94 bits per heavy atom. The summed E-state index contributed by atoms with van der Waals surface area (Å²) in [6.07, 6.45) is 4.59. The number of nitrogens with zero attached hydrogens (tertiary/aromatic N) is 5. The van der Waals surface area contributed by atoms with E-state index in [1.165, 1.54) is 6.07 Å². The molecule has 0 bridgehead atoms. The molecule has 2 aromatic heterocycles. The lowest BCUT2D eigenvalue weighted by atomic mass is 10.0. The van der Waals surface area contributed by atoms with Crippen molar-refractivity contribution >= 4 is 28.7 Å². The van der Waals surface area contributed by atoms with Crippen LogP contribution in [0.15, 0.2) is 30.6 Å². The first-order valence-corrected chi connectivity index (χ1v) is 11.9. The Morgan fingerprint density at radius 1 is 1.23 bits per heavy atom. The molecule has 2 aliphatic rings. The second-order valence-corrected chi connectivity index (χ2v) is 9.11. The third-order valence-electron chi connectivity index (χ3n) is 6.31. The molecular formula is C25H31FN8O. The van der Waals surface area contributed by atoms with Crippen LogP contribution >= 0.6 is 0 Å². The summed E-state index contributed by atoms with van der Waals surface area (Å²) in [4.78, 5) is 18.1. The summed E-state index contributed by atoms with van der Waals surface area (Å²) in [6, 6.07) is 5.02. The molecular weight excluding hydrogens is 447 g/mol. The fourth-order valence-corrected chi connectivity index (χ4v) is 4.38. The van der Waals surface area contributed by atoms with Gasteiger partial charge in [-0.05, 0) is 51.2 Å². The lowest BCUT2D eigenvalue weighted by molar-refractivity contribution is 0.310. The minimum atomic E-state index is -0.314. The van der Waals surface area contributed by atoms with E-state index in [-0.39, 0.29) is 5.82 Å². The highest BCUT2D eigenvalue weighted by atomic mass is 19.1. The number of nitrogens with one attached hydrogen (secondary N) is 3. The highest BCUT2D eigenvalue weighted by Gasteiger charge is 2.24. The van der Waals surface area contributed by atoms with Gasteiger partial charge in [-0.2, -0.15) is 0 Å². The summed E-state index contributed by atoms with van der Waals surface area (Å²) < 4.78 is 20.2. The zero-order valence-electron chi connectivity index (χ0n) is 20.4. The zero-order valence-corrected chi connectivity index (χ0v) is 20.4. The number of rotatable bonds is 7. The van der Waals surface area contributed by atoms with Crippen LogP contribution in [0.4, 0.5) is 33.1 Å². The second-order valence-electron chi connectivity index (χ2n) is 9.11. The Morgan fingerprint density at radius 2 is 2.11 bits per heavy atom. The van der Waals surface area contributed by atoms with E-state index in [0.717, 1.165) is 54.3 Å². The molecule has 4 heterocycles. The number of aromatic nitrogens is 3. The number of ether oxygens (including phenoxy) is 1. The van der Waals surface area contributed by atoms with Gasteiger partial charge in [0, 0.05) is 43.6 Å². The fraction of sp³-hybridized carbons (Fsp3) is 0.400. The van der Waals surface area contributed by atoms with Crippen LogP contribution in [0.2, 0.25) is 0 Å². The number of benzene rings is 1. The SMILES string of the molecule is Cc1c(N2CCc3cnc(Nc4ccc(NCCN(C)C)c(F)c4)nc3C2)cnc2c1NCCO2. The van der Waals surface area contributed by atoms with Gasteiger partial charge in [0.1, 0.15) is 18.1 Å². The maximum absolute atomic E-state index is 14.6. The fourth-order valence-electron chi connectivity index (χ4n) is 4.38. The molecule has 3 aromatic rings. The molecule has 0 radical (unpaired) electrons. The average molecular weight is 479 g/mol. The molecule has 0 aliphatic carbocycles. The molecule has 10 heteroatoms. The van der Waals surface area contributed by atoms with Crippen molar-refractivity contribution in [3.8, 4) is 5.88 Å². The molecule has 0 atom stereocenters. The van der Waals surface area contributed by atoms with Crippen LogP contribution < -0.4 is 25.6 Å². The predicted molar refractivity (Wildman–Crippen MR) is 136 cm³/mol. The van der Waals surface area contributed by atoms with Gasteiger partial charge in [0.15, 0.2) is 0 Å². The van der Waals surface area contributed by atoms with Crippen LogP contribution in [0.25, 0.3) is 0 Å². The molecule has 9 nitrogen and oxygen atoms in total. The Balaban J connectivity index is 1.29. The molecule has 184 valence electrons. The Bertz CT molecular complexity index is 1220. The van der Waals surface area contributed by atoms with E-state index in [4.69, 9.17) is 9.72 Å². The average Bonchev–Trinajstić information content (AvgIpc) is 2.85. The van der Waals surface area contributed by atoms with E-state index in [2.05, 4.69) is 37.7 Å². The molecule has 0 saturated carbocycles. The van der Waals surface area contributed by atoms with E-state index < -0.39 is 0 Å². The number of hydrogen-bond donors (Lipinski definition) is 3. The molecule has 0 unspecified atom stereocenters. The van der Waals surface area contributed by atoms with E-state index in [1.807, 2.05) is 37.5 Å². The van der Waals surface area contributed by atoms with Gasteiger partial charge in [-0.3, -0.25) is 0 Å². The summed E-state index contributed by atoms with van der Waals surface area (Å²) in [6.45, 7) is 6.50. The number of anilines is 5. The molecule has 0 saturated heterocycles. The standard InChI is InChI=1S/C25H31FN8O/c1-16-22(14-29-24-23(16)28-8-11-35-24)34-9-6-17-13-30-25(32-21(17)15-34)31-18-4-5-20(19(26)12-18)27-7-10-33(2)3/h4-5,12-14,27-28H,6-11,15H2,1-3H3,(H,30,31,32). The van der Waals surface area contributed by atoms with Crippen LogP contribution in [-0.4, -0.2) is 66.7 Å². The molecule has 0 fully saturated rings. The van der Waals surface area contributed by atoms with E-state index in [0.29, 0.717) is 42.9 Å². The lowest BCUT2D eigenvalue weighted by Gasteiger charge is -2.32. The van der Waals surface area contributed by atoms with Crippen molar-refractivity contribution in [1.82, 2.24) is 19.9 Å². The van der Waals surface area contributed by atoms with Crippen LogP contribution in [0.5, 0.6) is 5.88 Å². The number of hydrogen-bond acceptors (Lipinski definition) is 9. The third kappa shape index (κ3) is 5.07. The Hall–Kier alpha value is -3.66. The maximum Gasteiger partial charge on any atom is 0.237 e. The van der Waals surface area contributed by atoms with Crippen molar-refractivity contribution in [2.45, 2.75) is 19.9 Å². The van der Waals surface area contributed by atoms with Gasteiger partial charge in [-0.15, -0.1) is 0 Å². The Kier molecular flexibility index (Phi) is 6.54. The van der Waals surface area contributed by atoms with Gasteiger partial charge in [0.2, 0.25) is 11.8 Å². The number of halogens is 1. The van der Waals surface area contributed by atoms with Crippen molar-refractivity contribution < 1.29 is 9.13 Å². The monoisotopic (exact) mass is 478 g/mol. The first-order valence-electron chi connectivity index (χ1n) is 11.9. The van der Waals surface area contributed by atoms with Crippen LogP contribution in [0.1, 0.15) is 16.8 Å². The molecule has 1 aromatic carbocycles. The predicted octanol–water partition coefficient (Wildman–Crippen LogP) is 3.40. The first kappa shape index (κ1) is 23.1. The molecule has 2 aliphatic heterocycles. The molecule has 0 spiro atoms. The Labute approximate surface area is 204 Å². The highest BCUT2D eigenvalue weighted by Crippen LogP contribution is 2.36. The second kappa shape index (κ2) is 9.91. The zero-order chi connectivity index (χ0) is 24.4. The summed E-state index contributed by atoms with van der Waals surface area (Å²) in [5, 5.41) is 9.67. The van der Waals surface area contributed by atoms with Crippen LogP contribution in [-0.2, 0) is 13.0 Å². The quantitative estimate of drug-likeness (QED) is 0.473. The van der Waals surface area contributed by atoms with Gasteiger partial charge in [0.25, 0.3) is 0 Å². The highest BCUT2D eigenvalue weighted by molar-refractivity contribution is 5.70. The largest absolute Gasteiger partial charge is 0.474 e. The van der Waals surface area contributed by atoms with E-state index in [9.17, 15) is 4.39 Å². The number of pyridine rings is 1. The topological polar surface area (TPSA) is 90.5 Å². The van der Waals surface area contributed by atoms with Crippen molar-refractivity contribution in [3.63, 3.8) is 0 Å². The minimum Gasteiger partial charge on any atom is -0.474 e. The van der Waals surface area contributed by atoms with E-state index in [1.54, 1.807) is 6.07 Å². The summed E-state index contributed by atoms with van der Waals surface area (Å²) in [5.41, 5.74) is 6.33. The molecule has 35 heavy (non-hydrogen) atoms. The smallest absolute Gasteiger partial charge is 0.237 e. The van der Waals surface area contributed by atoms with Crippen molar-refractivity contribution in [2.24, 2.45) is 0 Å². The van der Waals surface area contributed by atoms with Crippen LogP contribution in [0.3, 0.4) is 0 Å². The van der Waals surface area contributed by atoms with Gasteiger partial charge >= 0.3 is 0 Å². The lowest BCUT2D eigenvalue weighted by Crippen LogP contribution is -2.32. The molecule has 0 amide bonds. The summed E-state index contributed by atoms with van der Waals surface area (Å²) >= 11 is 0. The maximum atomic E-state index is 14.6. The van der Waals surface area contributed by atoms with Crippen molar-refractivity contribution in [3.05, 3.63) is 53.2 Å². The van der Waals surface area contributed by atoms with Crippen LogP contribution in [0, 0.1) is 12.7 Å². The van der Waals surface area contributed by atoms with Crippen molar-refractivity contribution in [1.29, 1.82) is 0 Å². The summed E-state index contributed by atoms with van der Waals surface area (Å²) in [7, 11) is 3.97. The van der Waals surface area contributed by atoms with E-state index >= 15 is 0 Å². The molecule has 3 N–H and O–H groups in total. The first-order chi connectivity index (χ1) is 17.0. The van der Waals surface area contributed by atoms with Gasteiger partial charge in [-0.25, -0.2) is 19.3 Å². The van der Waals surface area contributed by atoms with Gasteiger partial charge in [0.05, 0.1) is 29.8 Å². The van der Waals surface area contributed by atoms with Gasteiger partial charge in [-0.1, -0.05) is 0 Å². The number of fused-ring (bicyclic) bond motifs is 2. The number of likely N-dealkylation sites (N-methyl/N-ethyl adjacent to an activating group) is 1. The third-order valence-corrected chi connectivity index (χ3v) is 6.31. The van der Waals surface area contributed by atoms with Crippen molar-refractivity contribution in [2.75, 3.05) is 67.7 Å². The summed E-state index contributed by atoms with van der Waals surface area (Å²) in [5.74, 6) is 0.800. The van der Waals surface area contributed by atoms with Gasteiger partial charge < -0.3 is 30.5 Å². The minimum absolute atomic E-state index is 0.314.